The van der Waals surface area contributed by atoms with Crippen molar-refractivity contribution in [2.75, 3.05) is 18.1 Å². The van der Waals surface area contributed by atoms with E-state index in [1.807, 2.05) is 13.8 Å². The smallest absolute Gasteiger partial charge is 0.321 e. The summed E-state index contributed by atoms with van der Waals surface area (Å²) >= 11 is 1.16. The summed E-state index contributed by atoms with van der Waals surface area (Å²) in [6.07, 6.45) is 1.34. The molecule has 0 radical (unpaired) electrons. The number of aromatic nitrogens is 3. The monoisotopic (exact) mass is 467 g/mol. The van der Waals surface area contributed by atoms with E-state index in [0.29, 0.717) is 46.0 Å². The van der Waals surface area contributed by atoms with Crippen molar-refractivity contribution in [3.05, 3.63) is 41.5 Å². The highest BCUT2D eigenvalue weighted by Crippen LogP contribution is 2.34. The Morgan fingerprint density at radius 1 is 1.29 bits per heavy atom. The third-order valence-corrected chi connectivity index (χ3v) is 6.46. The maximum absolute atomic E-state index is 14.2. The zero-order valence-corrected chi connectivity index (χ0v) is 19.0. The average Bonchev–Trinajstić information content (AvgIpc) is 3.27. The molecule has 2 N–H and O–H groups in total. The Morgan fingerprint density at radius 2 is 2.03 bits per heavy atom. The Morgan fingerprint density at radius 3 is 2.65 bits per heavy atom. The van der Waals surface area contributed by atoms with Crippen molar-refractivity contribution < 1.29 is 22.0 Å². The van der Waals surface area contributed by atoms with Crippen molar-refractivity contribution >= 4 is 32.3 Å². The van der Waals surface area contributed by atoms with E-state index >= 15 is 0 Å². The molecular formula is C19H22FN5O4S2. The van der Waals surface area contributed by atoms with Crippen LogP contribution in [0.4, 0.5) is 14.3 Å². The number of anilines is 1. The molecule has 9 nitrogen and oxygen atoms in total. The fourth-order valence-electron chi connectivity index (χ4n) is 2.69. The molecule has 2 amide bonds. The second kappa shape index (κ2) is 9.10. The van der Waals surface area contributed by atoms with Crippen LogP contribution in [0.1, 0.15) is 37.2 Å². The van der Waals surface area contributed by atoms with Crippen LogP contribution in [-0.4, -0.2) is 42.4 Å². The van der Waals surface area contributed by atoms with Gasteiger partial charge in [0.2, 0.25) is 11.8 Å². The molecule has 3 aromatic rings. The number of carbonyl (C=O) groups is 1. The quantitative estimate of drug-likeness (QED) is 0.544. The van der Waals surface area contributed by atoms with Crippen LogP contribution in [0.5, 0.6) is 0 Å². The van der Waals surface area contributed by atoms with Crippen molar-refractivity contribution in [3.63, 3.8) is 0 Å². The Hall–Kier alpha value is -2.86. The molecule has 0 spiro atoms. The number of sulfone groups is 1. The van der Waals surface area contributed by atoms with Gasteiger partial charge in [0, 0.05) is 25.1 Å². The van der Waals surface area contributed by atoms with Gasteiger partial charge in [-0.3, -0.25) is 5.32 Å². The summed E-state index contributed by atoms with van der Waals surface area (Å²) in [5.74, 6) is 0.291. The predicted octanol–water partition coefficient (Wildman–Crippen LogP) is 3.53. The van der Waals surface area contributed by atoms with Crippen molar-refractivity contribution in [2.24, 2.45) is 0 Å². The fraction of sp³-hybridized carbons (Fsp3) is 0.368. The summed E-state index contributed by atoms with van der Waals surface area (Å²) in [7, 11) is -3.65. The highest BCUT2D eigenvalue weighted by molar-refractivity contribution is 7.90. The Kier molecular flexibility index (Phi) is 6.70. The first kappa shape index (κ1) is 22.8. The van der Waals surface area contributed by atoms with Gasteiger partial charge in [0.05, 0.1) is 10.6 Å². The van der Waals surface area contributed by atoms with Crippen molar-refractivity contribution in [3.8, 4) is 10.4 Å². The Bertz CT molecular complexity index is 1200. The van der Waals surface area contributed by atoms with E-state index in [1.165, 1.54) is 12.1 Å². The van der Waals surface area contributed by atoms with Crippen molar-refractivity contribution in [1.82, 2.24) is 20.5 Å². The van der Waals surface area contributed by atoms with Gasteiger partial charge >= 0.3 is 6.03 Å². The normalized spacial score (nSPS) is 11.7. The number of carbonyl (C=O) groups excluding carboxylic acids is 1. The zero-order valence-electron chi connectivity index (χ0n) is 17.4. The maximum Gasteiger partial charge on any atom is 0.321 e. The van der Waals surface area contributed by atoms with Crippen LogP contribution >= 0.6 is 11.3 Å². The second-order valence-corrected chi connectivity index (χ2v) is 10.2. The Balaban J connectivity index is 1.61. The molecule has 0 bridgehead atoms. The van der Waals surface area contributed by atoms with E-state index in [2.05, 4.69) is 25.8 Å². The predicted molar refractivity (Wildman–Crippen MR) is 114 cm³/mol. The number of thiazole rings is 1. The van der Waals surface area contributed by atoms with E-state index < -0.39 is 21.7 Å². The number of nitrogens with zero attached hydrogens (tertiary/aromatic N) is 3. The molecule has 3 rings (SSSR count). The number of amides is 2. The number of aryl methyl sites for hydroxylation is 1. The number of urea groups is 1. The van der Waals surface area contributed by atoms with Gasteiger partial charge in [-0.2, -0.15) is 0 Å². The largest absolute Gasteiger partial charge is 0.425 e. The average molecular weight is 468 g/mol. The van der Waals surface area contributed by atoms with Crippen LogP contribution in [0.15, 0.2) is 27.5 Å². The second-order valence-electron chi connectivity index (χ2n) is 7.17. The lowest BCUT2D eigenvalue weighted by Gasteiger charge is -2.04. The minimum absolute atomic E-state index is 0.135. The van der Waals surface area contributed by atoms with E-state index in [9.17, 15) is 17.6 Å². The van der Waals surface area contributed by atoms with Gasteiger partial charge in [-0.1, -0.05) is 31.3 Å². The standard InChI is InChI=1S/C19H22FN5O4S2/c1-10(2)17-25-24-15(29-17)7-8-21-18(26)23-19-22-11(3)16(30-19)12-5-6-14(13(20)9-12)31(4,27)28/h5-6,9-10H,7-8H2,1-4H3,(H2,21,22,23,26). The van der Waals surface area contributed by atoms with Crippen molar-refractivity contribution in [2.45, 2.75) is 38.0 Å². The fourth-order valence-corrected chi connectivity index (χ4v) is 4.37. The number of hydrogen-bond donors (Lipinski definition) is 2. The summed E-state index contributed by atoms with van der Waals surface area (Å²) in [5, 5.41) is 13.5. The van der Waals surface area contributed by atoms with Crippen LogP contribution in [0.25, 0.3) is 10.4 Å². The minimum Gasteiger partial charge on any atom is -0.425 e. The lowest BCUT2D eigenvalue weighted by atomic mass is 10.1. The molecule has 1 aromatic carbocycles. The van der Waals surface area contributed by atoms with Crippen molar-refractivity contribution in [1.29, 1.82) is 0 Å². The van der Waals surface area contributed by atoms with Crippen LogP contribution < -0.4 is 10.6 Å². The zero-order chi connectivity index (χ0) is 22.8. The summed E-state index contributed by atoms with van der Waals surface area (Å²) in [6.45, 7) is 5.91. The summed E-state index contributed by atoms with van der Waals surface area (Å²) in [5.41, 5.74) is 1.06. The first-order valence-corrected chi connectivity index (χ1v) is 12.1. The summed E-state index contributed by atoms with van der Waals surface area (Å²) in [4.78, 5) is 16.7. The lowest BCUT2D eigenvalue weighted by molar-refractivity contribution is 0.252. The van der Waals surface area contributed by atoms with E-state index in [0.717, 1.165) is 23.7 Å². The molecule has 0 aliphatic rings. The molecule has 0 saturated carbocycles. The topological polar surface area (TPSA) is 127 Å². The van der Waals surface area contributed by atoms with Gasteiger partial charge < -0.3 is 9.73 Å². The molecule has 0 atom stereocenters. The molecule has 31 heavy (non-hydrogen) atoms. The van der Waals surface area contributed by atoms with Crippen LogP contribution in [-0.2, 0) is 16.3 Å². The van der Waals surface area contributed by atoms with Gasteiger partial charge in [0.15, 0.2) is 15.0 Å². The van der Waals surface area contributed by atoms with Gasteiger partial charge in [0.25, 0.3) is 0 Å². The molecule has 2 aromatic heterocycles. The van der Waals surface area contributed by atoms with E-state index in [-0.39, 0.29) is 10.8 Å². The lowest BCUT2D eigenvalue weighted by Crippen LogP contribution is -2.30. The highest BCUT2D eigenvalue weighted by Gasteiger charge is 2.17. The van der Waals surface area contributed by atoms with Gasteiger partial charge in [-0.05, 0) is 24.6 Å². The molecule has 0 fully saturated rings. The highest BCUT2D eigenvalue weighted by atomic mass is 32.2. The SMILES string of the molecule is Cc1nc(NC(=O)NCCc2nnc(C(C)C)o2)sc1-c1ccc(S(C)(=O)=O)c(F)c1. The third kappa shape index (κ3) is 5.64. The number of hydrogen-bond acceptors (Lipinski definition) is 8. The maximum atomic E-state index is 14.2. The molecule has 166 valence electrons. The van der Waals surface area contributed by atoms with Gasteiger partial charge in [-0.25, -0.2) is 22.6 Å². The third-order valence-electron chi connectivity index (χ3n) is 4.21. The van der Waals surface area contributed by atoms with E-state index in [4.69, 9.17) is 4.42 Å². The molecule has 0 saturated heterocycles. The summed E-state index contributed by atoms with van der Waals surface area (Å²) in [6, 6.07) is 3.43. The molecule has 0 aliphatic carbocycles. The van der Waals surface area contributed by atoms with Crippen LogP contribution in [0.3, 0.4) is 0 Å². The molecule has 12 heteroatoms. The van der Waals surface area contributed by atoms with Gasteiger partial charge in [-0.15, -0.1) is 10.2 Å². The molecule has 0 unspecified atom stereocenters. The van der Waals surface area contributed by atoms with Crippen LogP contribution in [0.2, 0.25) is 0 Å². The summed E-state index contributed by atoms with van der Waals surface area (Å²) < 4.78 is 42.9. The molecular weight excluding hydrogens is 445 g/mol. The number of rotatable bonds is 7. The molecule has 2 heterocycles. The Labute approximate surface area is 183 Å². The van der Waals surface area contributed by atoms with E-state index in [1.54, 1.807) is 6.92 Å². The minimum atomic E-state index is -3.65. The number of nitrogens with one attached hydrogen (secondary N) is 2. The van der Waals surface area contributed by atoms with Gasteiger partial charge in [0.1, 0.15) is 10.7 Å². The number of benzene rings is 1. The first-order valence-electron chi connectivity index (χ1n) is 9.39. The first-order chi connectivity index (χ1) is 14.5. The molecule has 0 aliphatic heterocycles. The number of halogens is 1. The van der Waals surface area contributed by atoms with Crippen LogP contribution in [0, 0.1) is 12.7 Å².